The van der Waals surface area contributed by atoms with Crippen LogP contribution in [-0.4, -0.2) is 36.6 Å². The number of nitro benzene ring substituents is 1. The minimum Gasteiger partial charge on any atom is -0.493 e. The number of hydrogen-bond donors (Lipinski definition) is 1. The van der Waals surface area contributed by atoms with Gasteiger partial charge in [-0.25, -0.2) is 4.99 Å². The van der Waals surface area contributed by atoms with E-state index in [9.17, 15) is 14.9 Å². The Kier molecular flexibility index (Phi) is 6.79. The minimum atomic E-state index is -0.608. The Labute approximate surface area is 206 Å². The lowest BCUT2D eigenvalue weighted by Crippen LogP contribution is -2.37. The summed E-state index contributed by atoms with van der Waals surface area (Å²) in [6.07, 6.45) is 0. The molecule has 1 aliphatic heterocycles. The molecule has 10 heteroatoms. The minimum absolute atomic E-state index is 0.134. The van der Waals surface area contributed by atoms with Gasteiger partial charge in [-0.2, -0.15) is 0 Å². The molecule has 0 radical (unpaired) electrons. The molecule has 0 spiro atoms. The molecule has 0 saturated heterocycles. The third-order valence-electron chi connectivity index (χ3n) is 5.50. The lowest BCUT2D eigenvalue weighted by Gasteiger charge is -2.20. The molecule has 1 aliphatic rings. The van der Waals surface area contributed by atoms with Crippen molar-refractivity contribution in [1.29, 1.82) is 0 Å². The van der Waals surface area contributed by atoms with Crippen molar-refractivity contribution in [3.63, 3.8) is 0 Å². The van der Waals surface area contributed by atoms with Gasteiger partial charge < -0.3 is 14.8 Å². The average Bonchev–Trinajstić information content (AvgIpc) is 2.98. The molecule has 3 aromatic rings. The van der Waals surface area contributed by atoms with Crippen LogP contribution in [0.5, 0.6) is 11.5 Å². The van der Waals surface area contributed by atoms with Crippen molar-refractivity contribution in [3.05, 3.63) is 86.9 Å². The molecule has 0 aromatic heterocycles. The number of aliphatic imine (C=N–C) groups is 2. The Morgan fingerprint density at radius 3 is 2.31 bits per heavy atom. The van der Waals surface area contributed by atoms with Gasteiger partial charge in [0.15, 0.2) is 11.5 Å². The zero-order chi connectivity index (χ0) is 25.1. The van der Waals surface area contributed by atoms with Crippen molar-refractivity contribution in [2.24, 2.45) is 9.98 Å². The molecule has 1 heterocycles. The van der Waals surface area contributed by atoms with Gasteiger partial charge in [0.1, 0.15) is 10.9 Å². The van der Waals surface area contributed by atoms with Crippen LogP contribution in [0.3, 0.4) is 0 Å². The van der Waals surface area contributed by atoms with E-state index < -0.39 is 16.7 Å². The first kappa shape index (κ1) is 23.9. The van der Waals surface area contributed by atoms with Crippen molar-refractivity contribution in [1.82, 2.24) is 5.32 Å². The lowest BCUT2D eigenvalue weighted by atomic mass is 9.92. The van der Waals surface area contributed by atoms with Gasteiger partial charge in [0, 0.05) is 17.3 Å². The molecule has 1 N–H and O–H groups in total. The fourth-order valence-corrected chi connectivity index (χ4v) is 4.07. The van der Waals surface area contributed by atoms with E-state index in [2.05, 4.69) is 5.32 Å². The molecule has 9 nitrogen and oxygen atoms in total. The van der Waals surface area contributed by atoms with E-state index in [1.54, 1.807) is 26.4 Å². The second-order valence-electron chi connectivity index (χ2n) is 7.66. The van der Waals surface area contributed by atoms with Crippen molar-refractivity contribution in [2.75, 3.05) is 14.2 Å². The number of halogens is 1. The van der Waals surface area contributed by atoms with Crippen molar-refractivity contribution >= 4 is 46.1 Å². The summed E-state index contributed by atoms with van der Waals surface area (Å²) in [6.45, 7) is 1.86. The molecular formula is C25H21ClN4O5. The normalized spacial score (nSPS) is 14.7. The summed E-state index contributed by atoms with van der Waals surface area (Å²) in [5, 5.41) is 13.8. The number of carbonyl (C=O) groups is 1. The van der Waals surface area contributed by atoms with Crippen LogP contribution in [0.1, 0.15) is 28.8 Å². The van der Waals surface area contributed by atoms with Gasteiger partial charge in [-0.1, -0.05) is 29.8 Å². The summed E-state index contributed by atoms with van der Waals surface area (Å²) >= 11 is 6.02. The summed E-state index contributed by atoms with van der Waals surface area (Å²) in [4.78, 5) is 33.1. The summed E-state index contributed by atoms with van der Waals surface area (Å²) in [6, 6.07) is 16.6. The Hall–Kier alpha value is -4.24. The molecule has 35 heavy (non-hydrogen) atoms. The molecular weight excluding hydrogens is 472 g/mol. The topological polar surface area (TPSA) is 115 Å². The highest BCUT2D eigenvalue weighted by molar-refractivity contribution is 6.33. The number of ether oxygens (including phenoxy) is 2. The highest BCUT2D eigenvalue weighted by Gasteiger charge is 2.28. The van der Waals surface area contributed by atoms with Crippen LogP contribution in [0, 0.1) is 10.1 Å². The number of hydrogen-bond acceptors (Lipinski definition) is 7. The fourth-order valence-electron chi connectivity index (χ4n) is 3.82. The third-order valence-corrected chi connectivity index (χ3v) is 5.80. The highest BCUT2D eigenvalue weighted by Crippen LogP contribution is 2.37. The molecule has 178 valence electrons. The first-order valence-electron chi connectivity index (χ1n) is 10.5. The summed E-state index contributed by atoms with van der Waals surface area (Å²) in [5.41, 5.74) is 2.60. The number of amidine groups is 1. The number of nitro groups is 1. The SMILES string of the molecule is COc1ccc(C2C(C)=Nc3ccccc3N=C2NC(=O)c2ccc([N+](=O)[O-])c(Cl)c2)cc1OC. The highest BCUT2D eigenvalue weighted by atomic mass is 35.5. The predicted molar refractivity (Wildman–Crippen MR) is 134 cm³/mol. The van der Waals surface area contributed by atoms with Crippen molar-refractivity contribution < 1.29 is 19.2 Å². The number of amides is 1. The van der Waals surface area contributed by atoms with Gasteiger partial charge in [-0.05, 0) is 48.9 Å². The number of nitrogens with zero attached hydrogens (tertiary/aromatic N) is 3. The summed E-state index contributed by atoms with van der Waals surface area (Å²) < 4.78 is 10.8. The van der Waals surface area contributed by atoms with E-state index in [1.807, 2.05) is 37.3 Å². The average molecular weight is 493 g/mol. The number of rotatable bonds is 5. The van der Waals surface area contributed by atoms with Gasteiger partial charge in [0.05, 0.1) is 36.4 Å². The molecule has 1 atom stereocenters. The van der Waals surface area contributed by atoms with E-state index in [0.29, 0.717) is 34.4 Å². The van der Waals surface area contributed by atoms with E-state index in [-0.39, 0.29) is 16.3 Å². The molecule has 0 saturated carbocycles. The molecule has 0 fully saturated rings. The Morgan fingerprint density at radius 1 is 1.00 bits per heavy atom. The first-order valence-corrected chi connectivity index (χ1v) is 10.9. The first-order chi connectivity index (χ1) is 16.8. The van der Waals surface area contributed by atoms with Crippen LogP contribution in [0.15, 0.2) is 70.6 Å². The number of fused-ring (bicyclic) bond motifs is 1. The summed E-state index contributed by atoms with van der Waals surface area (Å²) in [5.74, 6) is 0.388. The monoisotopic (exact) mass is 492 g/mol. The fraction of sp³-hybridized carbons (Fsp3) is 0.160. The number of nitrogens with one attached hydrogen (secondary N) is 1. The largest absolute Gasteiger partial charge is 0.493 e. The van der Waals surface area contributed by atoms with Crippen LogP contribution in [0.4, 0.5) is 17.1 Å². The number of para-hydroxylation sites is 2. The lowest BCUT2D eigenvalue weighted by molar-refractivity contribution is -0.384. The summed E-state index contributed by atoms with van der Waals surface area (Å²) in [7, 11) is 3.09. The van der Waals surface area contributed by atoms with Gasteiger partial charge in [-0.3, -0.25) is 19.9 Å². The van der Waals surface area contributed by atoms with E-state index in [4.69, 9.17) is 31.1 Å². The quantitative estimate of drug-likeness (QED) is 0.367. The molecule has 4 rings (SSSR count). The Bertz CT molecular complexity index is 1390. The maximum atomic E-state index is 13.2. The molecule has 0 aliphatic carbocycles. The van der Waals surface area contributed by atoms with Gasteiger partial charge >= 0.3 is 0 Å². The number of benzene rings is 3. The second-order valence-corrected chi connectivity index (χ2v) is 8.07. The maximum Gasteiger partial charge on any atom is 0.287 e. The van der Waals surface area contributed by atoms with Gasteiger partial charge in [0.25, 0.3) is 11.6 Å². The number of carbonyl (C=O) groups excluding carboxylic acids is 1. The van der Waals surface area contributed by atoms with Crippen LogP contribution >= 0.6 is 11.6 Å². The van der Waals surface area contributed by atoms with Gasteiger partial charge in [-0.15, -0.1) is 0 Å². The smallest absolute Gasteiger partial charge is 0.287 e. The predicted octanol–water partition coefficient (Wildman–Crippen LogP) is 5.62. The van der Waals surface area contributed by atoms with Crippen LogP contribution in [0.25, 0.3) is 0 Å². The Balaban J connectivity index is 1.79. The second kappa shape index (κ2) is 9.94. The van der Waals surface area contributed by atoms with Crippen molar-refractivity contribution in [2.45, 2.75) is 12.8 Å². The molecule has 1 unspecified atom stereocenters. The van der Waals surface area contributed by atoms with Crippen LogP contribution in [-0.2, 0) is 0 Å². The van der Waals surface area contributed by atoms with Crippen LogP contribution in [0.2, 0.25) is 5.02 Å². The zero-order valence-electron chi connectivity index (χ0n) is 19.1. The molecule has 3 aromatic carbocycles. The van der Waals surface area contributed by atoms with E-state index in [0.717, 1.165) is 5.56 Å². The van der Waals surface area contributed by atoms with Crippen molar-refractivity contribution in [3.8, 4) is 11.5 Å². The number of methoxy groups -OCH3 is 2. The molecule has 0 bridgehead atoms. The standard InChI is InChI=1S/C25H21ClN4O5/c1-14-23(15-9-11-21(34-2)22(13-15)35-3)24(28-19-7-5-4-6-18(19)27-14)29-25(31)16-8-10-20(30(32)33)17(26)12-16/h4-13,23H,1-3H3,(H,28,29,31). The van der Waals surface area contributed by atoms with E-state index in [1.165, 1.54) is 18.2 Å². The van der Waals surface area contributed by atoms with E-state index >= 15 is 0 Å². The maximum absolute atomic E-state index is 13.2. The van der Waals surface area contributed by atoms with Crippen LogP contribution < -0.4 is 14.8 Å². The zero-order valence-corrected chi connectivity index (χ0v) is 19.9. The molecule has 1 amide bonds. The third kappa shape index (κ3) is 4.85. The van der Waals surface area contributed by atoms with Gasteiger partial charge in [0.2, 0.25) is 0 Å². The Morgan fingerprint density at radius 2 is 1.69 bits per heavy atom.